The van der Waals surface area contributed by atoms with Crippen molar-refractivity contribution in [1.82, 2.24) is 20.1 Å². The Morgan fingerprint density at radius 1 is 1.26 bits per heavy atom. The van der Waals surface area contributed by atoms with E-state index in [0.717, 1.165) is 28.1 Å². The van der Waals surface area contributed by atoms with Gasteiger partial charge in [-0.3, -0.25) is 5.10 Å². The van der Waals surface area contributed by atoms with Crippen LogP contribution in [0, 0.1) is 25.2 Å². The number of phenolic OH excluding ortho intramolecular Hbond substituents is 1. The zero-order valence-corrected chi connectivity index (χ0v) is 15.8. The highest BCUT2D eigenvalue weighted by Gasteiger charge is 2.18. The van der Waals surface area contributed by atoms with E-state index in [9.17, 15) is 10.4 Å². The monoisotopic (exact) mass is 362 g/mol. The van der Waals surface area contributed by atoms with E-state index in [1.54, 1.807) is 12.1 Å². The standard InChI is InChI=1S/C20H22N6O/c1-11-19(12(2)25-24-11)17-8-15(16(9-21)20(22)23-17)13-5-6-18(27)14(7-13)10-26(3)4/h5-8,27H,10H2,1-4H3,(H2,22,23)(H,24,25). The molecule has 27 heavy (non-hydrogen) atoms. The molecule has 7 nitrogen and oxygen atoms in total. The van der Waals surface area contributed by atoms with Crippen molar-refractivity contribution >= 4 is 5.82 Å². The lowest BCUT2D eigenvalue weighted by molar-refractivity contribution is 0.386. The molecule has 0 aliphatic rings. The number of nitrogens with two attached hydrogens (primary N) is 1. The number of aromatic hydroxyl groups is 1. The predicted molar refractivity (Wildman–Crippen MR) is 105 cm³/mol. The molecule has 0 radical (unpaired) electrons. The van der Waals surface area contributed by atoms with Crippen molar-refractivity contribution in [3.8, 4) is 34.2 Å². The number of aromatic amines is 1. The number of aryl methyl sites for hydroxylation is 2. The zero-order valence-electron chi connectivity index (χ0n) is 15.8. The Balaban J connectivity index is 2.22. The van der Waals surface area contributed by atoms with E-state index in [1.807, 2.05) is 45.0 Å². The van der Waals surface area contributed by atoms with Crippen LogP contribution in [0.5, 0.6) is 5.75 Å². The molecule has 4 N–H and O–H groups in total. The highest BCUT2D eigenvalue weighted by molar-refractivity contribution is 5.81. The van der Waals surface area contributed by atoms with Crippen LogP contribution in [0.4, 0.5) is 5.82 Å². The van der Waals surface area contributed by atoms with Gasteiger partial charge in [-0.05, 0) is 51.7 Å². The quantitative estimate of drug-likeness (QED) is 0.657. The second kappa shape index (κ2) is 7.09. The first-order chi connectivity index (χ1) is 12.8. The molecule has 0 fully saturated rings. The lowest BCUT2D eigenvalue weighted by Gasteiger charge is -2.14. The molecule has 0 unspecified atom stereocenters. The van der Waals surface area contributed by atoms with Crippen LogP contribution in [0.1, 0.15) is 22.5 Å². The Hall–Kier alpha value is -3.37. The number of nitrogens with zero attached hydrogens (tertiary/aromatic N) is 4. The molecule has 0 saturated heterocycles. The SMILES string of the molecule is Cc1n[nH]c(C)c1-c1cc(-c2ccc(O)c(CN(C)C)c2)c(C#N)c(N)n1. The van der Waals surface area contributed by atoms with Gasteiger partial charge in [-0.2, -0.15) is 10.4 Å². The molecule has 0 aliphatic heterocycles. The topological polar surface area (TPSA) is 115 Å². The van der Waals surface area contributed by atoms with Gasteiger partial charge in [0.25, 0.3) is 0 Å². The number of nitrogen functional groups attached to an aromatic ring is 1. The Morgan fingerprint density at radius 2 is 2.00 bits per heavy atom. The summed E-state index contributed by atoms with van der Waals surface area (Å²) in [5, 5.41) is 26.9. The summed E-state index contributed by atoms with van der Waals surface area (Å²) >= 11 is 0. The third-order valence-electron chi connectivity index (χ3n) is 4.42. The number of benzene rings is 1. The summed E-state index contributed by atoms with van der Waals surface area (Å²) in [6, 6.07) is 9.31. The van der Waals surface area contributed by atoms with Crippen molar-refractivity contribution in [3.63, 3.8) is 0 Å². The van der Waals surface area contributed by atoms with Gasteiger partial charge >= 0.3 is 0 Å². The molecule has 3 rings (SSSR count). The average Bonchev–Trinajstić information content (AvgIpc) is 2.94. The zero-order chi connectivity index (χ0) is 19.7. The van der Waals surface area contributed by atoms with Crippen LogP contribution in [-0.4, -0.2) is 39.3 Å². The van der Waals surface area contributed by atoms with Crippen molar-refractivity contribution in [3.05, 3.63) is 46.8 Å². The van der Waals surface area contributed by atoms with Crippen LogP contribution in [0.25, 0.3) is 22.4 Å². The second-order valence-electron chi connectivity index (χ2n) is 6.82. The molecule has 0 amide bonds. The van der Waals surface area contributed by atoms with Gasteiger partial charge in [0.05, 0.1) is 11.4 Å². The summed E-state index contributed by atoms with van der Waals surface area (Å²) in [4.78, 5) is 6.39. The molecule has 0 atom stereocenters. The molecular weight excluding hydrogens is 340 g/mol. The number of nitriles is 1. The molecule has 0 bridgehead atoms. The van der Waals surface area contributed by atoms with Crippen molar-refractivity contribution < 1.29 is 5.11 Å². The van der Waals surface area contributed by atoms with Gasteiger partial charge in [0.1, 0.15) is 23.2 Å². The largest absolute Gasteiger partial charge is 0.508 e. The Kier molecular flexibility index (Phi) is 4.84. The van der Waals surface area contributed by atoms with E-state index < -0.39 is 0 Å². The van der Waals surface area contributed by atoms with E-state index in [2.05, 4.69) is 21.3 Å². The van der Waals surface area contributed by atoms with Gasteiger partial charge in [0.2, 0.25) is 0 Å². The van der Waals surface area contributed by atoms with E-state index in [-0.39, 0.29) is 11.6 Å². The molecule has 0 aliphatic carbocycles. The van der Waals surface area contributed by atoms with Crippen molar-refractivity contribution in [2.75, 3.05) is 19.8 Å². The number of phenols is 1. The maximum atomic E-state index is 10.1. The number of anilines is 1. The molecule has 1 aromatic carbocycles. The van der Waals surface area contributed by atoms with Gasteiger partial charge in [-0.15, -0.1) is 0 Å². The lowest BCUT2D eigenvalue weighted by atomic mass is 9.96. The highest BCUT2D eigenvalue weighted by atomic mass is 16.3. The Bertz CT molecular complexity index is 1030. The molecule has 0 spiro atoms. The minimum atomic E-state index is 0.173. The average molecular weight is 362 g/mol. The number of aromatic nitrogens is 3. The number of nitrogens with one attached hydrogen (secondary N) is 1. The first-order valence-electron chi connectivity index (χ1n) is 8.51. The van der Waals surface area contributed by atoms with Crippen molar-refractivity contribution in [1.29, 1.82) is 5.26 Å². The van der Waals surface area contributed by atoms with Gasteiger partial charge < -0.3 is 15.7 Å². The molecule has 0 saturated carbocycles. The summed E-state index contributed by atoms with van der Waals surface area (Å²) in [6.45, 7) is 4.39. The highest BCUT2D eigenvalue weighted by Crippen LogP contribution is 2.34. The maximum absolute atomic E-state index is 10.1. The fraction of sp³-hybridized carbons (Fsp3) is 0.250. The van der Waals surface area contributed by atoms with Crippen LogP contribution in [0.3, 0.4) is 0 Å². The molecule has 2 aromatic heterocycles. The number of H-pyrrole nitrogens is 1. The summed E-state index contributed by atoms with van der Waals surface area (Å²) in [6.07, 6.45) is 0. The van der Waals surface area contributed by atoms with Crippen LogP contribution < -0.4 is 5.73 Å². The Morgan fingerprint density at radius 3 is 2.59 bits per heavy atom. The van der Waals surface area contributed by atoms with E-state index in [4.69, 9.17) is 5.73 Å². The number of hydrogen-bond acceptors (Lipinski definition) is 6. The van der Waals surface area contributed by atoms with Crippen molar-refractivity contribution in [2.45, 2.75) is 20.4 Å². The van der Waals surface area contributed by atoms with Gasteiger partial charge in [0.15, 0.2) is 0 Å². The van der Waals surface area contributed by atoms with Crippen LogP contribution in [0.2, 0.25) is 0 Å². The third kappa shape index (κ3) is 3.48. The molecule has 138 valence electrons. The summed E-state index contributed by atoms with van der Waals surface area (Å²) < 4.78 is 0. The van der Waals surface area contributed by atoms with E-state index in [0.29, 0.717) is 23.4 Å². The van der Waals surface area contributed by atoms with Gasteiger partial charge in [0, 0.05) is 28.9 Å². The smallest absolute Gasteiger partial charge is 0.142 e. The molecule has 2 heterocycles. The van der Waals surface area contributed by atoms with E-state index >= 15 is 0 Å². The van der Waals surface area contributed by atoms with E-state index in [1.165, 1.54) is 0 Å². The predicted octanol–water partition coefficient (Wildman–Crippen LogP) is 2.98. The maximum Gasteiger partial charge on any atom is 0.142 e. The summed E-state index contributed by atoms with van der Waals surface area (Å²) in [5.74, 6) is 0.391. The minimum Gasteiger partial charge on any atom is -0.508 e. The lowest BCUT2D eigenvalue weighted by Crippen LogP contribution is -2.10. The Labute approximate surface area is 158 Å². The summed E-state index contributed by atoms with van der Waals surface area (Å²) in [5.41, 5.74) is 11.9. The van der Waals surface area contributed by atoms with Gasteiger partial charge in [-0.1, -0.05) is 6.07 Å². The minimum absolute atomic E-state index is 0.173. The fourth-order valence-corrected chi connectivity index (χ4v) is 3.19. The first kappa shape index (κ1) is 18.4. The van der Waals surface area contributed by atoms with Crippen LogP contribution in [0.15, 0.2) is 24.3 Å². The normalized spacial score (nSPS) is 11.0. The number of rotatable bonds is 4. The van der Waals surface area contributed by atoms with Crippen LogP contribution >= 0.6 is 0 Å². The third-order valence-corrected chi connectivity index (χ3v) is 4.42. The number of hydrogen-bond donors (Lipinski definition) is 3. The summed E-state index contributed by atoms with van der Waals surface area (Å²) in [7, 11) is 3.86. The first-order valence-corrected chi connectivity index (χ1v) is 8.51. The van der Waals surface area contributed by atoms with Crippen molar-refractivity contribution in [2.24, 2.45) is 0 Å². The van der Waals surface area contributed by atoms with Gasteiger partial charge in [-0.25, -0.2) is 4.98 Å². The molecule has 7 heteroatoms. The molecular formula is C20H22N6O. The number of pyridine rings is 1. The fourth-order valence-electron chi connectivity index (χ4n) is 3.19. The van der Waals surface area contributed by atoms with Crippen LogP contribution in [-0.2, 0) is 6.54 Å². The second-order valence-corrected chi connectivity index (χ2v) is 6.82. The molecule has 3 aromatic rings.